The first-order valence-corrected chi connectivity index (χ1v) is 6.46. The van der Waals surface area contributed by atoms with Gasteiger partial charge in [0.2, 0.25) is 0 Å². The van der Waals surface area contributed by atoms with Gasteiger partial charge in [-0.15, -0.1) is 0 Å². The van der Waals surface area contributed by atoms with E-state index in [1.807, 2.05) is 6.92 Å². The highest BCUT2D eigenvalue weighted by Gasteiger charge is 2.38. The van der Waals surface area contributed by atoms with E-state index in [1.165, 1.54) is 0 Å². The Labute approximate surface area is 116 Å². The largest absolute Gasteiger partial charge is 0.365 e. The molecule has 0 saturated carbocycles. The Morgan fingerprint density at radius 3 is 2.83 bits per heavy atom. The van der Waals surface area contributed by atoms with E-state index in [2.05, 4.69) is 10.3 Å². The topological polar surface area (TPSA) is 51.2 Å². The highest BCUT2D eigenvalue weighted by molar-refractivity contribution is 6.34. The van der Waals surface area contributed by atoms with Crippen molar-refractivity contribution in [3.8, 4) is 0 Å². The third-order valence-electron chi connectivity index (χ3n) is 3.08. The number of aryl methyl sites for hydroxylation is 1. The van der Waals surface area contributed by atoms with Gasteiger partial charge in [-0.05, 0) is 38.3 Å². The fourth-order valence-corrected chi connectivity index (χ4v) is 2.53. The van der Waals surface area contributed by atoms with Crippen LogP contribution in [0.2, 0.25) is 10.3 Å². The maximum absolute atomic E-state index is 12.2. The average molecular weight is 289 g/mol. The van der Waals surface area contributed by atoms with Crippen molar-refractivity contribution in [2.45, 2.75) is 32.3 Å². The van der Waals surface area contributed by atoms with Crippen LogP contribution in [0.1, 0.15) is 25.3 Å². The van der Waals surface area contributed by atoms with Gasteiger partial charge in [-0.2, -0.15) is 0 Å². The Morgan fingerprint density at radius 2 is 2.28 bits per heavy atom. The van der Waals surface area contributed by atoms with Crippen LogP contribution in [0.15, 0.2) is 6.07 Å². The molecule has 0 aromatic carbocycles. The molecule has 2 heterocycles. The average Bonchev–Trinajstić information content (AvgIpc) is 2.71. The molecular formula is C12H14Cl2N2O2. The molecule has 1 aliphatic heterocycles. The quantitative estimate of drug-likeness (QED) is 0.851. The number of nitrogens with zero attached hydrogens (tertiary/aromatic N) is 1. The lowest BCUT2D eigenvalue weighted by Gasteiger charge is -2.22. The zero-order valence-corrected chi connectivity index (χ0v) is 11.7. The number of rotatable bonds is 2. The van der Waals surface area contributed by atoms with Crippen LogP contribution in [0.4, 0.5) is 5.69 Å². The zero-order valence-electron chi connectivity index (χ0n) is 10.2. The van der Waals surface area contributed by atoms with Crippen LogP contribution in [0.3, 0.4) is 0 Å². The van der Waals surface area contributed by atoms with Crippen LogP contribution in [0, 0.1) is 6.92 Å². The summed E-state index contributed by atoms with van der Waals surface area (Å²) in [6.45, 7) is 4.20. The SMILES string of the molecule is Cc1cc(Cl)nc(Cl)c1NC(=O)C1(C)CCCO1. The van der Waals surface area contributed by atoms with Gasteiger partial charge in [-0.25, -0.2) is 4.98 Å². The predicted octanol–water partition coefficient (Wildman–Crippen LogP) is 3.20. The second kappa shape index (κ2) is 5.03. The molecule has 6 heteroatoms. The molecule has 0 spiro atoms. The van der Waals surface area contributed by atoms with Crippen molar-refractivity contribution >= 4 is 34.8 Å². The number of ether oxygens (including phenoxy) is 1. The molecule has 1 aromatic rings. The fourth-order valence-electron chi connectivity index (χ4n) is 1.95. The summed E-state index contributed by atoms with van der Waals surface area (Å²) in [5.74, 6) is -0.200. The van der Waals surface area contributed by atoms with E-state index in [0.717, 1.165) is 12.0 Å². The minimum atomic E-state index is -0.782. The first-order valence-electron chi connectivity index (χ1n) is 5.70. The first kappa shape index (κ1) is 13.6. The number of halogens is 2. The Balaban J connectivity index is 2.22. The van der Waals surface area contributed by atoms with Crippen molar-refractivity contribution in [3.63, 3.8) is 0 Å². The maximum Gasteiger partial charge on any atom is 0.256 e. The number of carbonyl (C=O) groups is 1. The van der Waals surface area contributed by atoms with E-state index >= 15 is 0 Å². The van der Waals surface area contributed by atoms with Crippen LogP contribution < -0.4 is 5.32 Å². The zero-order chi connectivity index (χ0) is 13.3. The Morgan fingerprint density at radius 1 is 1.56 bits per heavy atom. The smallest absolute Gasteiger partial charge is 0.256 e. The number of aromatic nitrogens is 1. The summed E-state index contributed by atoms with van der Waals surface area (Å²) in [5.41, 5.74) is 0.479. The van der Waals surface area contributed by atoms with Crippen molar-refractivity contribution in [3.05, 3.63) is 21.9 Å². The van der Waals surface area contributed by atoms with Gasteiger partial charge < -0.3 is 10.1 Å². The monoisotopic (exact) mass is 288 g/mol. The van der Waals surface area contributed by atoms with Gasteiger partial charge in [0, 0.05) is 6.61 Å². The second-order valence-electron chi connectivity index (χ2n) is 4.56. The van der Waals surface area contributed by atoms with Gasteiger partial charge in [0.25, 0.3) is 5.91 Å². The molecule has 1 saturated heterocycles. The van der Waals surface area contributed by atoms with Crippen molar-refractivity contribution in [2.75, 3.05) is 11.9 Å². The summed E-state index contributed by atoms with van der Waals surface area (Å²) in [7, 11) is 0. The van der Waals surface area contributed by atoms with E-state index in [4.69, 9.17) is 27.9 Å². The molecular weight excluding hydrogens is 275 g/mol. The van der Waals surface area contributed by atoms with E-state index in [9.17, 15) is 4.79 Å². The number of hydrogen-bond donors (Lipinski definition) is 1. The summed E-state index contributed by atoms with van der Waals surface area (Å²) in [5, 5.41) is 3.27. The lowest BCUT2D eigenvalue weighted by Crippen LogP contribution is -2.39. The van der Waals surface area contributed by atoms with Crippen LogP contribution in [0.25, 0.3) is 0 Å². The summed E-state index contributed by atoms with van der Waals surface area (Å²) < 4.78 is 5.48. The number of hydrogen-bond acceptors (Lipinski definition) is 3. The van der Waals surface area contributed by atoms with Gasteiger partial charge in [-0.1, -0.05) is 23.2 Å². The van der Waals surface area contributed by atoms with Crippen molar-refractivity contribution in [1.29, 1.82) is 0 Å². The van der Waals surface area contributed by atoms with Crippen LogP contribution in [-0.4, -0.2) is 23.1 Å². The van der Waals surface area contributed by atoms with Crippen LogP contribution in [0.5, 0.6) is 0 Å². The van der Waals surface area contributed by atoms with E-state index in [1.54, 1.807) is 13.0 Å². The number of pyridine rings is 1. The minimum absolute atomic E-state index is 0.190. The lowest BCUT2D eigenvalue weighted by atomic mass is 10.0. The standard InChI is InChI=1S/C12H14Cl2N2O2/c1-7-6-8(13)15-10(14)9(7)16-11(17)12(2)4-3-5-18-12/h6H,3-5H2,1-2H3,(H,16,17). The van der Waals surface area contributed by atoms with Gasteiger partial charge in [0.05, 0.1) is 5.69 Å². The van der Waals surface area contributed by atoms with Gasteiger partial charge in [0.1, 0.15) is 10.8 Å². The first-order chi connectivity index (χ1) is 8.42. The number of amides is 1. The molecule has 2 rings (SSSR count). The molecule has 1 aromatic heterocycles. The molecule has 0 aliphatic carbocycles. The summed E-state index contributed by atoms with van der Waals surface area (Å²) >= 11 is 11.8. The molecule has 1 aliphatic rings. The molecule has 1 N–H and O–H groups in total. The van der Waals surface area contributed by atoms with Crippen molar-refractivity contribution in [2.24, 2.45) is 0 Å². The van der Waals surface area contributed by atoms with E-state index < -0.39 is 5.60 Å². The maximum atomic E-state index is 12.2. The molecule has 0 radical (unpaired) electrons. The molecule has 4 nitrogen and oxygen atoms in total. The Hall–Kier alpha value is -0.840. The summed E-state index contributed by atoms with van der Waals surface area (Å²) in [6, 6.07) is 1.65. The Bertz CT molecular complexity index is 462. The molecule has 1 amide bonds. The summed E-state index contributed by atoms with van der Waals surface area (Å²) in [6.07, 6.45) is 1.59. The molecule has 1 fully saturated rings. The van der Waals surface area contributed by atoms with Crippen LogP contribution in [-0.2, 0) is 9.53 Å². The third kappa shape index (κ3) is 2.60. The van der Waals surface area contributed by atoms with Gasteiger partial charge >= 0.3 is 0 Å². The molecule has 18 heavy (non-hydrogen) atoms. The number of nitrogens with one attached hydrogen (secondary N) is 1. The molecule has 98 valence electrons. The minimum Gasteiger partial charge on any atom is -0.365 e. The number of anilines is 1. The molecule has 0 bridgehead atoms. The van der Waals surface area contributed by atoms with Gasteiger partial charge in [0.15, 0.2) is 5.15 Å². The van der Waals surface area contributed by atoms with Crippen molar-refractivity contribution < 1.29 is 9.53 Å². The second-order valence-corrected chi connectivity index (χ2v) is 5.31. The highest BCUT2D eigenvalue weighted by Crippen LogP contribution is 2.30. The highest BCUT2D eigenvalue weighted by atomic mass is 35.5. The van der Waals surface area contributed by atoms with Gasteiger partial charge in [-0.3, -0.25) is 4.79 Å². The predicted molar refractivity (Wildman–Crippen MR) is 71.2 cm³/mol. The third-order valence-corrected chi connectivity index (χ3v) is 3.55. The summed E-state index contributed by atoms with van der Waals surface area (Å²) in [4.78, 5) is 16.1. The van der Waals surface area contributed by atoms with E-state index in [0.29, 0.717) is 23.9 Å². The lowest BCUT2D eigenvalue weighted by molar-refractivity contribution is -0.133. The van der Waals surface area contributed by atoms with Crippen molar-refractivity contribution in [1.82, 2.24) is 4.98 Å². The van der Waals surface area contributed by atoms with E-state index in [-0.39, 0.29) is 11.1 Å². The Kier molecular flexibility index (Phi) is 3.80. The normalized spacial score (nSPS) is 23.1. The fraction of sp³-hybridized carbons (Fsp3) is 0.500. The molecule has 1 atom stereocenters. The molecule has 1 unspecified atom stereocenters. The van der Waals surface area contributed by atoms with Crippen LogP contribution >= 0.6 is 23.2 Å². The number of carbonyl (C=O) groups excluding carboxylic acids is 1.